The Bertz CT molecular complexity index is 972. The van der Waals surface area contributed by atoms with E-state index in [1.54, 1.807) is 37.3 Å². The van der Waals surface area contributed by atoms with Crippen molar-refractivity contribution >= 4 is 21.6 Å². The molecule has 1 amide bonds. The van der Waals surface area contributed by atoms with Gasteiger partial charge in [0.05, 0.1) is 16.5 Å². The van der Waals surface area contributed by atoms with E-state index in [1.165, 1.54) is 16.4 Å². The van der Waals surface area contributed by atoms with E-state index in [2.05, 4.69) is 5.32 Å². The lowest BCUT2D eigenvalue weighted by molar-refractivity contribution is -0.137. The number of amides is 1. The van der Waals surface area contributed by atoms with Crippen LogP contribution < -0.4 is 5.32 Å². The monoisotopic (exact) mass is 441 g/mol. The van der Waals surface area contributed by atoms with Gasteiger partial charge < -0.3 is 5.32 Å². The summed E-state index contributed by atoms with van der Waals surface area (Å²) in [6.45, 7) is 2.91. The largest absolute Gasteiger partial charge is 0.416 e. The molecule has 0 aliphatic carbocycles. The van der Waals surface area contributed by atoms with Crippen molar-refractivity contribution in [3.8, 4) is 0 Å². The minimum absolute atomic E-state index is 0.228. The second-order valence-electron chi connectivity index (χ2n) is 6.99. The van der Waals surface area contributed by atoms with Gasteiger partial charge in [0.25, 0.3) is 0 Å². The highest BCUT2D eigenvalue weighted by atomic mass is 32.2. The van der Waals surface area contributed by atoms with Crippen LogP contribution in [0.3, 0.4) is 0 Å². The molecule has 0 bridgehead atoms. The van der Waals surface area contributed by atoms with E-state index in [-0.39, 0.29) is 29.6 Å². The lowest BCUT2D eigenvalue weighted by Crippen LogP contribution is -2.53. The van der Waals surface area contributed by atoms with Crippen LogP contribution in [0.25, 0.3) is 0 Å². The number of sulfonamides is 1. The van der Waals surface area contributed by atoms with Crippen LogP contribution in [0.15, 0.2) is 59.5 Å². The molecule has 1 heterocycles. The van der Waals surface area contributed by atoms with Crippen molar-refractivity contribution in [3.05, 3.63) is 60.2 Å². The number of hydrogen-bond acceptors (Lipinski definition) is 4. The normalized spacial score (nSPS) is 17.5. The molecule has 0 spiro atoms. The molecule has 1 atom stereocenters. The Balaban J connectivity index is 1.57. The molecule has 10 heteroatoms. The molecule has 1 saturated heterocycles. The van der Waals surface area contributed by atoms with E-state index < -0.39 is 27.8 Å². The van der Waals surface area contributed by atoms with Crippen LogP contribution in [0.4, 0.5) is 18.9 Å². The fourth-order valence-electron chi connectivity index (χ4n) is 3.23. The highest BCUT2D eigenvalue weighted by molar-refractivity contribution is 7.89. The molecule has 2 aromatic carbocycles. The first-order chi connectivity index (χ1) is 14.1. The van der Waals surface area contributed by atoms with Gasteiger partial charge >= 0.3 is 6.18 Å². The average Bonchev–Trinajstić information content (AvgIpc) is 2.73. The van der Waals surface area contributed by atoms with E-state index >= 15 is 0 Å². The van der Waals surface area contributed by atoms with Crippen LogP contribution in [0, 0.1) is 0 Å². The second-order valence-corrected chi connectivity index (χ2v) is 8.93. The molecule has 1 aliphatic heterocycles. The minimum atomic E-state index is -4.43. The quantitative estimate of drug-likeness (QED) is 0.775. The molecular weight excluding hydrogens is 419 g/mol. The van der Waals surface area contributed by atoms with Crippen molar-refractivity contribution in [2.24, 2.45) is 0 Å². The zero-order chi connectivity index (χ0) is 21.9. The van der Waals surface area contributed by atoms with Gasteiger partial charge in [0.1, 0.15) is 0 Å². The van der Waals surface area contributed by atoms with Crippen LogP contribution in [0.1, 0.15) is 12.5 Å². The number of rotatable bonds is 5. The maximum Gasteiger partial charge on any atom is 0.416 e. The third-order valence-corrected chi connectivity index (χ3v) is 6.97. The molecule has 6 nitrogen and oxygen atoms in total. The number of anilines is 1. The third kappa shape index (κ3) is 5.00. The van der Waals surface area contributed by atoms with Crippen molar-refractivity contribution in [1.82, 2.24) is 9.21 Å². The van der Waals surface area contributed by atoms with Gasteiger partial charge in [0.15, 0.2) is 0 Å². The summed E-state index contributed by atoms with van der Waals surface area (Å²) >= 11 is 0. The molecule has 1 aliphatic rings. The van der Waals surface area contributed by atoms with Crippen LogP contribution in [0.2, 0.25) is 0 Å². The summed E-state index contributed by atoms with van der Waals surface area (Å²) in [7, 11) is -3.58. The number of carbonyl (C=O) groups excluding carboxylic acids is 1. The fraction of sp³-hybridized carbons (Fsp3) is 0.350. The van der Waals surface area contributed by atoms with E-state index in [9.17, 15) is 26.4 Å². The van der Waals surface area contributed by atoms with Gasteiger partial charge in [-0.2, -0.15) is 17.5 Å². The van der Waals surface area contributed by atoms with Gasteiger partial charge in [-0.25, -0.2) is 8.42 Å². The Morgan fingerprint density at radius 2 is 1.53 bits per heavy atom. The van der Waals surface area contributed by atoms with Crippen molar-refractivity contribution < 1.29 is 26.4 Å². The first-order valence-corrected chi connectivity index (χ1v) is 10.8. The van der Waals surface area contributed by atoms with Gasteiger partial charge in [0, 0.05) is 31.9 Å². The van der Waals surface area contributed by atoms with Crippen molar-refractivity contribution in [1.29, 1.82) is 0 Å². The summed E-state index contributed by atoms with van der Waals surface area (Å²) in [5, 5.41) is 2.61. The van der Waals surface area contributed by atoms with Crippen LogP contribution in [-0.2, 0) is 21.0 Å². The van der Waals surface area contributed by atoms with E-state index in [1.807, 2.05) is 4.90 Å². The summed E-state index contributed by atoms with van der Waals surface area (Å²) in [6.07, 6.45) is -4.43. The molecule has 0 aromatic heterocycles. The molecular formula is C20H22F3N3O3S. The number of benzene rings is 2. The molecule has 1 N–H and O–H groups in total. The fourth-order valence-corrected chi connectivity index (χ4v) is 4.67. The number of nitrogens with zero attached hydrogens (tertiary/aromatic N) is 2. The second kappa shape index (κ2) is 8.75. The number of halogens is 3. The molecule has 2 aromatic rings. The molecule has 162 valence electrons. The number of carbonyl (C=O) groups is 1. The molecule has 1 fully saturated rings. The van der Waals surface area contributed by atoms with Crippen LogP contribution in [-0.4, -0.2) is 55.8 Å². The van der Waals surface area contributed by atoms with E-state index in [0.717, 1.165) is 12.1 Å². The predicted octanol–water partition coefficient (Wildman–Crippen LogP) is 3.04. The van der Waals surface area contributed by atoms with E-state index in [0.29, 0.717) is 13.1 Å². The maximum absolute atomic E-state index is 12.7. The molecule has 30 heavy (non-hydrogen) atoms. The average molecular weight is 441 g/mol. The standard InChI is InChI=1S/C20H22F3N3O3S/c1-15(19(27)24-17-9-7-16(8-10-17)20(21,22)23)25-11-13-26(14-12-25)30(28,29)18-5-3-2-4-6-18/h2-10,15H,11-14H2,1H3,(H,24,27). The van der Waals surface area contributed by atoms with Crippen molar-refractivity contribution in [2.45, 2.75) is 24.0 Å². The molecule has 1 unspecified atom stereocenters. The Morgan fingerprint density at radius 3 is 2.07 bits per heavy atom. The summed E-state index contributed by atoms with van der Waals surface area (Å²) in [4.78, 5) is 14.6. The summed E-state index contributed by atoms with van der Waals surface area (Å²) in [6, 6.07) is 11.8. The van der Waals surface area contributed by atoms with E-state index in [4.69, 9.17) is 0 Å². The minimum Gasteiger partial charge on any atom is -0.325 e. The van der Waals surface area contributed by atoms with Crippen molar-refractivity contribution in [3.63, 3.8) is 0 Å². The number of hydrogen-bond donors (Lipinski definition) is 1. The molecule has 0 saturated carbocycles. The maximum atomic E-state index is 12.7. The van der Waals surface area contributed by atoms with Gasteiger partial charge in [-0.3, -0.25) is 9.69 Å². The van der Waals surface area contributed by atoms with Crippen LogP contribution in [0.5, 0.6) is 0 Å². The topological polar surface area (TPSA) is 69.7 Å². The zero-order valence-electron chi connectivity index (χ0n) is 16.3. The smallest absolute Gasteiger partial charge is 0.325 e. The first kappa shape index (κ1) is 22.3. The number of piperazine rings is 1. The van der Waals surface area contributed by atoms with Gasteiger partial charge in [0.2, 0.25) is 15.9 Å². The van der Waals surface area contributed by atoms with Crippen LogP contribution >= 0.6 is 0 Å². The number of nitrogens with one attached hydrogen (secondary N) is 1. The Labute approximate surface area is 173 Å². The third-order valence-electron chi connectivity index (χ3n) is 5.06. The van der Waals surface area contributed by atoms with Gasteiger partial charge in [-0.15, -0.1) is 0 Å². The Kier molecular flexibility index (Phi) is 6.49. The highest BCUT2D eigenvalue weighted by Gasteiger charge is 2.32. The lowest BCUT2D eigenvalue weighted by atomic mass is 10.2. The Hall–Kier alpha value is -2.43. The predicted molar refractivity (Wildman–Crippen MR) is 106 cm³/mol. The van der Waals surface area contributed by atoms with Gasteiger partial charge in [-0.1, -0.05) is 18.2 Å². The SMILES string of the molecule is CC(C(=O)Nc1ccc(C(F)(F)F)cc1)N1CCN(S(=O)(=O)c2ccccc2)CC1. The Morgan fingerprint density at radius 1 is 0.967 bits per heavy atom. The highest BCUT2D eigenvalue weighted by Crippen LogP contribution is 2.29. The summed E-state index contributed by atoms with van der Waals surface area (Å²) < 4.78 is 64.7. The lowest BCUT2D eigenvalue weighted by Gasteiger charge is -2.36. The summed E-state index contributed by atoms with van der Waals surface area (Å²) in [5.41, 5.74) is -0.519. The molecule has 0 radical (unpaired) electrons. The zero-order valence-corrected chi connectivity index (χ0v) is 17.1. The van der Waals surface area contributed by atoms with Gasteiger partial charge in [-0.05, 0) is 43.3 Å². The van der Waals surface area contributed by atoms with Crippen molar-refractivity contribution in [2.75, 3.05) is 31.5 Å². The number of alkyl halides is 3. The first-order valence-electron chi connectivity index (χ1n) is 9.36. The summed E-state index contributed by atoms with van der Waals surface area (Å²) in [5.74, 6) is -0.367. The molecule has 3 rings (SSSR count).